The van der Waals surface area contributed by atoms with Crippen molar-refractivity contribution in [3.63, 3.8) is 0 Å². The van der Waals surface area contributed by atoms with Crippen molar-refractivity contribution in [1.82, 2.24) is 0 Å². The maximum Gasteiger partial charge on any atom is 0.259 e. The smallest absolute Gasteiger partial charge is 0.259 e. The normalized spacial score (nSPS) is 14.3. The summed E-state index contributed by atoms with van der Waals surface area (Å²) in [6, 6.07) is 27.3. The van der Waals surface area contributed by atoms with Gasteiger partial charge in [-0.15, -0.1) is 0 Å². The molecule has 1 heterocycles. The highest BCUT2D eigenvalue weighted by molar-refractivity contribution is 6.37. The minimum absolute atomic E-state index is 0.00678. The first-order chi connectivity index (χ1) is 12.2. The second-order valence-corrected chi connectivity index (χ2v) is 6.39. The molecule has 0 saturated heterocycles. The van der Waals surface area contributed by atoms with Crippen LogP contribution < -0.4 is 4.90 Å². The molecule has 1 aliphatic heterocycles. The van der Waals surface area contributed by atoms with E-state index in [1.807, 2.05) is 84.9 Å². The zero-order valence-electron chi connectivity index (χ0n) is 13.5. The molecule has 2 nitrogen and oxygen atoms in total. The molecule has 1 amide bonds. The van der Waals surface area contributed by atoms with E-state index in [1.165, 1.54) is 0 Å². The monoisotopic (exact) mass is 345 g/mol. The number of hydrogen-bond donors (Lipinski definition) is 0. The van der Waals surface area contributed by atoms with Crippen molar-refractivity contribution >= 4 is 34.3 Å². The molecule has 4 rings (SSSR count). The Labute approximate surface area is 152 Å². The van der Waals surface area contributed by atoms with Crippen molar-refractivity contribution in [2.45, 2.75) is 0 Å². The van der Waals surface area contributed by atoms with Gasteiger partial charge in [0.15, 0.2) is 0 Å². The topological polar surface area (TPSA) is 20.3 Å². The van der Waals surface area contributed by atoms with E-state index in [0.29, 0.717) is 11.6 Å². The van der Waals surface area contributed by atoms with Crippen molar-refractivity contribution in [2.75, 3.05) is 11.4 Å². The van der Waals surface area contributed by atoms with E-state index in [0.717, 1.165) is 28.0 Å². The Hall–Kier alpha value is -2.84. The SMILES string of the molecule is O=C1C(c2ccccc2)=C(c2ccccc2)CN1c1cccc(Cl)c1. The van der Waals surface area contributed by atoms with Crippen LogP contribution in [0.2, 0.25) is 5.02 Å². The van der Waals surface area contributed by atoms with Gasteiger partial charge in [0, 0.05) is 10.7 Å². The predicted molar refractivity (Wildman–Crippen MR) is 104 cm³/mol. The number of rotatable bonds is 3. The van der Waals surface area contributed by atoms with Gasteiger partial charge in [0.25, 0.3) is 5.91 Å². The molecule has 0 atom stereocenters. The number of hydrogen-bond acceptors (Lipinski definition) is 1. The van der Waals surface area contributed by atoms with Crippen LogP contribution in [-0.2, 0) is 4.79 Å². The summed E-state index contributed by atoms with van der Waals surface area (Å²) in [5, 5.41) is 0.625. The fraction of sp³-hybridized carbons (Fsp3) is 0.0455. The van der Waals surface area contributed by atoms with E-state index in [4.69, 9.17) is 11.6 Å². The molecule has 0 unspecified atom stereocenters. The minimum Gasteiger partial charge on any atom is -0.304 e. The molecular formula is C22H16ClNO. The maximum atomic E-state index is 13.2. The summed E-state index contributed by atoms with van der Waals surface area (Å²) in [7, 11) is 0. The number of halogens is 1. The lowest BCUT2D eigenvalue weighted by molar-refractivity contribution is -0.112. The highest BCUT2D eigenvalue weighted by atomic mass is 35.5. The maximum absolute atomic E-state index is 13.2. The molecule has 122 valence electrons. The lowest BCUT2D eigenvalue weighted by Gasteiger charge is -2.17. The zero-order chi connectivity index (χ0) is 17.2. The molecule has 3 aromatic rings. The van der Waals surface area contributed by atoms with E-state index in [2.05, 4.69) is 0 Å². The van der Waals surface area contributed by atoms with Gasteiger partial charge in [-0.05, 0) is 34.9 Å². The lowest BCUT2D eigenvalue weighted by atomic mass is 9.97. The zero-order valence-corrected chi connectivity index (χ0v) is 14.3. The summed E-state index contributed by atoms with van der Waals surface area (Å²) in [6.45, 7) is 0.535. The van der Waals surface area contributed by atoms with Gasteiger partial charge in [0.05, 0.1) is 12.1 Å². The van der Waals surface area contributed by atoms with Crippen LogP contribution in [0.25, 0.3) is 11.1 Å². The molecular weight excluding hydrogens is 330 g/mol. The van der Waals surface area contributed by atoms with Crippen LogP contribution in [0, 0.1) is 0 Å². The van der Waals surface area contributed by atoms with Gasteiger partial charge in [-0.3, -0.25) is 4.79 Å². The average molecular weight is 346 g/mol. The number of carbonyl (C=O) groups excluding carboxylic acids is 1. The van der Waals surface area contributed by atoms with Crippen LogP contribution in [0.1, 0.15) is 11.1 Å². The molecule has 0 fully saturated rings. The Kier molecular flexibility index (Phi) is 4.12. The first-order valence-electron chi connectivity index (χ1n) is 8.15. The second-order valence-electron chi connectivity index (χ2n) is 5.96. The van der Waals surface area contributed by atoms with E-state index in [9.17, 15) is 4.79 Å². The van der Waals surface area contributed by atoms with Crippen molar-refractivity contribution in [1.29, 1.82) is 0 Å². The van der Waals surface area contributed by atoms with Gasteiger partial charge >= 0.3 is 0 Å². The van der Waals surface area contributed by atoms with Gasteiger partial charge in [-0.25, -0.2) is 0 Å². The number of benzene rings is 3. The molecule has 0 aromatic heterocycles. The van der Waals surface area contributed by atoms with Crippen molar-refractivity contribution in [2.24, 2.45) is 0 Å². The number of anilines is 1. The Balaban J connectivity index is 1.84. The van der Waals surface area contributed by atoms with E-state index in [1.54, 1.807) is 4.90 Å². The fourth-order valence-electron chi connectivity index (χ4n) is 3.20. The summed E-state index contributed by atoms with van der Waals surface area (Å²) in [6.07, 6.45) is 0. The van der Waals surface area contributed by atoms with Gasteiger partial charge < -0.3 is 4.90 Å². The fourth-order valence-corrected chi connectivity index (χ4v) is 3.39. The molecule has 0 radical (unpaired) electrons. The van der Waals surface area contributed by atoms with Crippen LogP contribution >= 0.6 is 11.6 Å². The molecule has 1 aliphatic rings. The van der Waals surface area contributed by atoms with Gasteiger partial charge in [-0.1, -0.05) is 78.3 Å². The van der Waals surface area contributed by atoms with Crippen LogP contribution in [0.3, 0.4) is 0 Å². The molecule has 0 spiro atoms. The molecule has 0 aliphatic carbocycles. The summed E-state index contributed by atoms with van der Waals surface area (Å²) in [4.78, 5) is 15.0. The van der Waals surface area contributed by atoms with Gasteiger partial charge in [0.1, 0.15) is 0 Å². The summed E-state index contributed by atoms with van der Waals surface area (Å²) >= 11 is 6.13. The minimum atomic E-state index is 0.00678. The predicted octanol–water partition coefficient (Wildman–Crippen LogP) is 5.30. The summed E-state index contributed by atoms with van der Waals surface area (Å²) in [5.74, 6) is 0.00678. The van der Waals surface area contributed by atoms with Crippen molar-refractivity contribution in [3.8, 4) is 0 Å². The summed E-state index contributed by atoms with van der Waals surface area (Å²) < 4.78 is 0. The molecule has 3 heteroatoms. The molecule has 0 N–H and O–H groups in total. The van der Waals surface area contributed by atoms with Gasteiger partial charge in [-0.2, -0.15) is 0 Å². The van der Waals surface area contributed by atoms with Crippen LogP contribution in [-0.4, -0.2) is 12.5 Å². The Bertz CT molecular complexity index is 948. The average Bonchev–Trinajstić information content (AvgIpc) is 3.00. The second kappa shape index (κ2) is 6.58. The Morgan fingerprint density at radius 3 is 2.04 bits per heavy atom. The van der Waals surface area contributed by atoms with Crippen LogP contribution in [0.15, 0.2) is 84.9 Å². The first-order valence-corrected chi connectivity index (χ1v) is 8.53. The van der Waals surface area contributed by atoms with Crippen molar-refractivity contribution in [3.05, 3.63) is 101 Å². The summed E-state index contributed by atoms with van der Waals surface area (Å²) in [5.41, 5.74) is 4.62. The molecule has 0 bridgehead atoms. The number of carbonyl (C=O) groups is 1. The molecule has 0 saturated carbocycles. The van der Waals surface area contributed by atoms with E-state index in [-0.39, 0.29) is 5.91 Å². The third-order valence-electron chi connectivity index (χ3n) is 4.38. The third kappa shape index (κ3) is 2.97. The molecule has 3 aromatic carbocycles. The Morgan fingerprint density at radius 1 is 0.760 bits per heavy atom. The third-order valence-corrected chi connectivity index (χ3v) is 4.62. The Morgan fingerprint density at radius 2 is 1.40 bits per heavy atom. The number of amides is 1. The molecule has 25 heavy (non-hydrogen) atoms. The van der Waals surface area contributed by atoms with Gasteiger partial charge in [0.2, 0.25) is 0 Å². The first kappa shape index (κ1) is 15.7. The standard InChI is InChI=1S/C22H16ClNO/c23-18-12-7-13-19(14-18)24-15-20(16-8-3-1-4-9-16)21(22(24)25)17-10-5-2-6-11-17/h1-14H,15H2. The lowest BCUT2D eigenvalue weighted by Crippen LogP contribution is -2.26. The largest absolute Gasteiger partial charge is 0.304 e. The van der Waals surface area contributed by atoms with Crippen molar-refractivity contribution < 1.29 is 4.79 Å². The van der Waals surface area contributed by atoms with E-state index >= 15 is 0 Å². The van der Waals surface area contributed by atoms with Crippen LogP contribution in [0.4, 0.5) is 5.69 Å². The van der Waals surface area contributed by atoms with E-state index < -0.39 is 0 Å². The highest BCUT2D eigenvalue weighted by Gasteiger charge is 2.32. The number of nitrogens with zero attached hydrogens (tertiary/aromatic N) is 1. The van der Waals surface area contributed by atoms with Crippen LogP contribution in [0.5, 0.6) is 0 Å². The highest BCUT2D eigenvalue weighted by Crippen LogP contribution is 2.37. The quantitative estimate of drug-likeness (QED) is 0.631.